The van der Waals surface area contributed by atoms with Crippen molar-refractivity contribution < 1.29 is 19.0 Å². The zero-order valence-electron chi connectivity index (χ0n) is 10.4. The van der Waals surface area contributed by atoms with Crippen molar-refractivity contribution in [2.75, 3.05) is 13.7 Å². The second kappa shape index (κ2) is 7.04. The SMILES string of the molecule is CCOC(C)O[C@H](C(=O)OC)c1ccccc1. The predicted molar refractivity (Wildman–Crippen MR) is 63.4 cm³/mol. The van der Waals surface area contributed by atoms with Gasteiger partial charge < -0.3 is 14.2 Å². The first-order valence-corrected chi connectivity index (χ1v) is 5.58. The molecule has 0 heterocycles. The van der Waals surface area contributed by atoms with Gasteiger partial charge in [-0.05, 0) is 19.4 Å². The molecule has 0 saturated heterocycles. The van der Waals surface area contributed by atoms with Crippen molar-refractivity contribution in [3.05, 3.63) is 35.9 Å². The van der Waals surface area contributed by atoms with E-state index in [9.17, 15) is 4.79 Å². The third kappa shape index (κ3) is 4.17. The molecule has 0 spiro atoms. The van der Waals surface area contributed by atoms with Gasteiger partial charge in [0.05, 0.1) is 7.11 Å². The van der Waals surface area contributed by atoms with E-state index in [0.717, 1.165) is 5.56 Å². The summed E-state index contributed by atoms with van der Waals surface area (Å²) >= 11 is 0. The van der Waals surface area contributed by atoms with E-state index < -0.39 is 18.4 Å². The molecule has 1 unspecified atom stereocenters. The number of carbonyl (C=O) groups is 1. The Labute approximate surface area is 101 Å². The maximum absolute atomic E-state index is 11.6. The standard InChI is InChI=1S/C13H18O4/c1-4-16-10(2)17-12(13(14)15-3)11-8-6-5-7-9-11/h5-10,12H,4H2,1-3H3/t10?,12-/m0/s1. The van der Waals surface area contributed by atoms with E-state index >= 15 is 0 Å². The lowest BCUT2D eigenvalue weighted by Crippen LogP contribution is -2.24. The van der Waals surface area contributed by atoms with Crippen molar-refractivity contribution in [1.29, 1.82) is 0 Å². The molecule has 1 rings (SSSR count). The van der Waals surface area contributed by atoms with E-state index in [-0.39, 0.29) is 0 Å². The summed E-state index contributed by atoms with van der Waals surface area (Å²) in [7, 11) is 1.34. The Balaban J connectivity index is 2.78. The number of methoxy groups -OCH3 is 1. The third-order valence-electron chi connectivity index (χ3n) is 2.25. The van der Waals surface area contributed by atoms with E-state index in [0.29, 0.717) is 6.61 Å². The van der Waals surface area contributed by atoms with Crippen molar-refractivity contribution in [2.24, 2.45) is 0 Å². The molecule has 0 aliphatic carbocycles. The quantitative estimate of drug-likeness (QED) is 0.563. The normalized spacial score (nSPS) is 14.1. The summed E-state index contributed by atoms with van der Waals surface area (Å²) in [4.78, 5) is 11.6. The van der Waals surface area contributed by atoms with Crippen molar-refractivity contribution in [2.45, 2.75) is 26.2 Å². The van der Waals surface area contributed by atoms with E-state index in [2.05, 4.69) is 0 Å². The average Bonchev–Trinajstić information content (AvgIpc) is 2.36. The van der Waals surface area contributed by atoms with Gasteiger partial charge in [-0.2, -0.15) is 0 Å². The van der Waals surface area contributed by atoms with Crippen LogP contribution in [0, 0.1) is 0 Å². The lowest BCUT2D eigenvalue weighted by Gasteiger charge is -2.20. The minimum Gasteiger partial charge on any atom is -0.467 e. The fourth-order valence-corrected chi connectivity index (χ4v) is 1.47. The summed E-state index contributed by atoms with van der Waals surface area (Å²) in [5.74, 6) is -0.428. The molecular formula is C13H18O4. The molecule has 1 aromatic carbocycles. The van der Waals surface area contributed by atoms with Crippen molar-refractivity contribution in [1.82, 2.24) is 0 Å². The molecule has 0 aliphatic rings. The van der Waals surface area contributed by atoms with Crippen LogP contribution in [0.3, 0.4) is 0 Å². The van der Waals surface area contributed by atoms with Crippen LogP contribution in [-0.4, -0.2) is 26.0 Å². The number of rotatable bonds is 6. The topological polar surface area (TPSA) is 44.8 Å². The minimum atomic E-state index is -0.747. The zero-order valence-corrected chi connectivity index (χ0v) is 10.4. The summed E-state index contributed by atoms with van der Waals surface area (Å²) in [5.41, 5.74) is 0.755. The predicted octanol–water partition coefficient (Wildman–Crippen LogP) is 2.30. The molecule has 0 saturated carbocycles. The van der Waals surface area contributed by atoms with Crippen LogP contribution in [0.25, 0.3) is 0 Å². The van der Waals surface area contributed by atoms with Crippen LogP contribution >= 0.6 is 0 Å². The fraction of sp³-hybridized carbons (Fsp3) is 0.462. The van der Waals surface area contributed by atoms with Gasteiger partial charge in [0.25, 0.3) is 0 Å². The minimum absolute atomic E-state index is 0.428. The lowest BCUT2D eigenvalue weighted by molar-refractivity contribution is -0.186. The molecule has 0 aliphatic heterocycles. The Kier molecular flexibility index (Phi) is 5.66. The second-order valence-corrected chi connectivity index (χ2v) is 3.47. The highest BCUT2D eigenvalue weighted by Gasteiger charge is 2.24. The molecule has 1 aromatic rings. The highest BCUT2D eigenvalue weighted by atomic mass is 16.7. The maximum Gasteiger partial charge on any atom is 0.339 e. The Morgan fingerprint density at radius 2 is 1.94 bits per heavy atom. The van der Waals surface area contributed by atoms with Crippen molar-refractivity contribution >= 4 is 5.97 Å². The smallest absolute Gasteiger partial charge is 0.339 e. The fourth-order valence-electron chi connectivity index (χ4n) is 1.47. The van der Waals surface area contributed by atoms with Crippen LogP contribution in [-0.2, 0) is 19.0 Å². The molecule has 0 radical (unpaired) electrons. The van der Waals surface area contributed by atoms with Crippen LogP contribution in [0.15, 0.2) is 30.3 Å². The second-order valence-electron chi connectivity index (χ2n) is 3.47. The van der Waals surface area contributed by atoms with Gasteiger partial charge in [-0.1, -0.05) is 30.3 Å². The number of esters is 1. The van der Waals surface area contributed by atoms with Gasteiger partial charge in [0.2, 0.25) is 0 Å². The first kappa shape index (κ1) is 13.7. The molecule has 0 bridgehead atoms. The summed E-state index contributed by atoms with van der Waals surface area (Å²) in [6.07, 6.45) is -1.20. The highest BCUT2D eigenvalue weighted by molar-refractivity contribution is 5.76. The van der Waals surface area contributed by atoms with Gasteiger partial charge in [0.1, 0.15) is 0 Å². The molecule has 4 heteroatoms. The van der Waals surface area contributed by atoms with Crippen LogP contribution in [0.5, 0.6) is 0 Å². The van der Waals surface area contributed by atoms with Crippen LogP contribution in [0.1, 0.15) is 25.5 Å². The summed E-state index contributed by atoms with van der Waals surface area (Å²) in [6, 6.07) is 9.21. The largest absolute Gasteiger partial charge is 0.467 e. The highest BCUT2D eigenvalue weighted by Crippen LogP contribution is 2.20. The summed E-state index contributed by atoms with van der Waals surface area (Å²) < 4.78 is 15.5. The number of benzene rings is 1. The summed E-state index contributed by atoms with van der Waals surface area (Å²) in [6.45, 7) is 4.15. The van der Waals surface area contributed by atoms with Crippen LogP contribution in [0.2, 0.25) is 0 Å². The van der Waals surface area contributed by atoms with Crippen molar-refractivity contribution in [3.63, 3.8) is 0 Å². The third-order valence-corrected chi connectivity index (χ3v) is 2.25. The first-order chi connectivity index (χ1) is 8.19. The molecule has 0 N–H and O–H groups in total. The zero-order chi connectivity index (χ0) is 12.7. The van der Waals surface area contributed by atoms with Crippen LogP contribution < -0.4 is 0 Å². The van der Waals surface area contributed by atoms with Gasteiger partial charge in [-0.25, -0.2) is 4.79 Å². The Bertz CT molecular complexity index is 337. The van der Waals surface area contributed by atoms with E-state index in [1.807, 2.05) is 37.3 Å². The van der Waals surface area contributed by atoms with Crippen LogP contribution in [0.4, 0.5) is 0 Å². The van der Waals surface area contributed by atoms with E-state index in [1.54, 1.807) is 6.92 Å². The Hall–Kier alpha value is -1.39. The first-order valence-electron chi connectivity index (χ1n) is 5.58. The van der Waals surface area contributed by atoms with E-state index in [1.165, 1.54) is 7.11 Å². The molecule has 2 atom stereocenters. The number of ether oxygens (including phenoxy) is 3. The van der Waals surface area contributed by atoms with Gasteiger partial charge in [0.15, 0.2) is 12.4 Å². The molecule has 0 fully saturated rings. The number of carbonyl (C=O) groups excluding carboxylic acids is 1. The maximum atomic E-state index is 11.6. The number of hydrogen-bond donors (Lipinski definition) is 0. The molecule has 0 aromatic heterocycles. The molecular weight excluding hydrogens is 220 g/mol. The average molecular weight is 238 g/mol. The van der Waals surface area contributed by atoms with Gasteiger partial charge in [0, 0.05) is 6.61 Å². The molecule has 17 heavy (non-hydrogen) atoms. The summed E-state index contributed by atoms with van der Waals surface area (Å²) in [5, 5.41) is 0. The number of hydrogen-bond acceptors (Lipinski definition) is 4. The van der Waals surface area contributed by atoms with Gasteiger partial charge >= 0.3 is 5.97 Å². The lowest BCUT2D eigenvalue weighted by atomic mass is 10.1. The molecule has 94 valence electrons. The molecule has 4 nitrogen and oxygen atoms in total. The van der Waals surface area contributed by atoms with Gasteiger partial charge in [-0.15, -0.1) is 0 Å². The van der Waals surface area contributed by atoms with Gasteiger partial charge in [-0.3, -0.25) is 0 Å². The van der Waals surface area contributed by atoms with E-state index in [4.69, 9.17) is 14.2 Å². The van der Waals surface area contributed by atoms with Crippen molar-refractivity contribution in [3.8, 4) is 0 Å². The molecule has 0 amide bonds. The Morgan fingerprint density at radius 1 is 1.29 bits per heavy atom. The monoisotopic (exact) mass is 238 g/mol. The Morgan fingerprint density at radius 3 is 2.47 bits per heavy atom.